The molecule has 0 amide bonds. The summed E-state index contributed by atoms with van der Waals surface area (Å²) in [4.78, 5) is 5.77. The Morgan fingerprint density at radius 1 is 1.38 bits per heavy atom. The molecule has 0 aliphatic rings. The molecular weight excluding hydrogens is 216 g/mol. The summed E-state index contributed by atoms with van der Waals surface area (Å²) in [5.41, 5.74) is 9.15. The van der Waals surface area contributed by atoms with Crippen LogP contribution in [0.3, 0.4) is 0 Å². The van der Waals surface area contributed by atoms with Gasteiger partial charge in [-0.2, -0.15) is 0 Å². The molecule has 1 rings (SSSR count). The number of hydrogen-bond donors (Lipinski definition) is 1. The minimum atomic E-state index is 0.586. The summed E-state index contributed by atoms with van der Waals surface area (Å²) >= 11 is 1.91. The van der Waals surface area contributed by atoms with Gasteiger partial charge in [-0.1, -0.05) is 13.8 Å². The Labute approximate surface area is 103 Å². The SMILES string of the molecule is Cc1cc(SCCC(C)C)c(CN)c(C)n1. The lowest BCUT2D eigenvalue weighted by Crippen LogP contribution is -2.04. The Bertz CT molecular complexity index is 348. The zero-order valence-electron chi connectivity index (χ0n) is 10.7. The molecule has 0 aromatic carbocycles. The normalized spacial score (nSPS) is 11.1. The Morgan fingerprint density at radius 2 is 2.06 bits per heavy atom. The van der Waals surface area contributed by atoms with Gasteiger partial charge in [-0.3, -0.25) is 4.98 Å². The molecule has 1 aromatic heterocycles. The predicted octanol–water partition coefficient (Wildman–Crippen LogP) is 3.30. The third kappa shape index (κ3) is 3.80. The van der Waals surface area contributed by atoms with Gasteiger partial charge >= 0.3 is 0 Å². The largest absolute Gasteiger partial charge is 0.326 e. The van der Waals surface area contributed by atoms with Crippen LogP contribution in [0.2, 0.25) is 0 Å². The summed E-state index contributed by atoms with van der Waals surface area (Å²) in [7, 11) is 0. The van der Waals surface area contributed by atoms with Gasteiger partial charge in [0.15, 0.2) is 0 Å². The van der Waals surface area contributed by atoms with E-state index in [1.165, 1.54) is 16.9 Å². The summed E-state index contributed by atoms with van der Waals surface area (Å²) in [6, 6.07) is 2.15. The molecular formula is C13H22N2S. The first-order chi connectivity index (χ1) is 7.54. The van der Waals surface area contributed by atoms with Crippen LogP contribution in [-0.4, -0.2) is 10.7 Å². The molecule has 0 spiro atoms. The number of nitrogens with two attached hydrogens (primary N) is 1. The molecule has 2 N–H and O–H groups in total. The van der Waals surface area contributed by atoms with Crippen molar-refractivity contribution in [3.63, 3.8) is 0 Å². The Hall–Kier alpha value is -0.540. The number of rotatable bonds is 5. The fourth-order valence-electron chi connectivity index (χ4n) is 1.60. The molecule has 0 saturated heterocycles. The minimum absolute atomic E-state index is 0.586. The van der Waals surface area contributed by atoms with E-state index in [1.54, 1.807) is 0 Å². The molecule has 0 radical (unpaired) electrons. The van der Waals surface area contributed by atoms with E-state index in [1.807, 2.05) is 25.6 Å². The monoisotopic (exact) mass is 238 g/mol. The number of pyridine rings is 1. The standard InChI is InChI=1S/C13H22N2S/c1-9(2)5-6-16-13-7-10(3)15-11(4)12(13)8-14/h7,9H,5-6,8,14H2,1-4H3. The second kappa shape index (κ2) is 6.26. The van der Waals surface area contributed by atoms with E-state index in [2.05, 4.69) is 24.9 Å². The maximum atomic E-state index is 5.78. The van der Waals surface area contributed by atoms with Gasteiger partial charge in [0.05, 0.1) is 0 Å². The van der Waals surface area contributed by atoms with E-state index < -0.39 is 0 Å². The minimum Gasteiger partial charge on any atom is -0.326 e. The van der Waals surface area contributed by atoms with E-state index in [4.69, 9.17) is 5.73 Å². The molecule has 90 valence electrons. The fraction of sp³-hybridized carbons (Fsp3) is 0.615. The van der Waals surface area contributed by atoms with Gasteiger partial charge in [0.1, 0.15) is 0 Å². The molecule has 0 saturated carbocycles. The maximum absolute atomic E-state index is 5.78. The molecule has 1 aromatic rings. The quantitative estimate of drug-likeness (QED) is 0.800. The first-order valence-corrected chi connectivity index (χ1v) is 6.83. The highest BCUT2D eigenvalue weighted by Crippen LogP contribution is 2.26. The second-order valence-electron chi connectivity index (χ2n) is 4.56. The molecule has 2 nitrogen and oxygen atoms in total. The molecule has 0 bridgehead atoms. The Kier molecular flexibility index (Phi) is 5.29. The van der Waals surface area contributed by atoms with Crippen LogP contribution >= 0.6 is 11.8 Å². The van der Waals surface area contributed by atoms with Crippen LogP contribution in [-0.2, 0) is 6.54 Å². The summed E-state index contributed by atoms with van der Waals surface area (Å²) in [5.74, 6) is 1.92. The van der Waals surface area contributed by atoms with Crippen molar-refractivity contribution in [2.24, 2.45) is 11.7 Å². The zero-order valence-corrected chi connectivity index (χ0v) is 11.5. The van der Waals surface area contributed by atoms with Crippen molar-refractivity contribution in [2.45, 2.75) is 45.6 Å². The van der Waals surface area contributed by atoms with E-state index >= 15 is 0 Å². The number of hydrogen-bond acceptors (Lipinski definition) is 3. The van der Waals surface area contributed by atoms with Crippen molar-refractivity contribution >= 4 is 11.8 Å². The van der Waals surface area contributed by atoms with E-state index in [-0.39, 0.29) is 0 Å². The topological polar surface area (TPSA) is 38.9 Å². The van der Waals surface area contributed by atoms with Gasteiger partial charge in [-0.15, -0.1) is 11.8 Å². The fourth-order valence-corrected chi connectivity index (χ4v) is 3.07. The maximum Gasteiger partial charge on any atom is 0.0431 e. The predicted molar refractivity (Wildman–Crippen MR) is 71.8 cm³/mol. The van der Waals surface area contributed by atoms with Crippen LogP contribution in [0.15, 0.2) is 11.0 Å². The summed E-state index contributed by atoms with van der Waals surface area (Å²) in [6.07, 6.45) is 1.25. The van der Waals surface area contributed by atoms with Crippen LogP contribution in [0.1, 0.15) is 37.2 Å². The molecule has 0 unspecified atom stereocenters. The lowest BCUT2D eigenvalue weighted by molar-refractivity contribution is 0.632. The van der Waals surface area contributed by atoms with E-state index in [9.17, 15) is 0 Å². The van der Waals surface area contributed by atoms with Gasteiger partial charge in [0.25, 0.3) is 0 Å². The van der Waals surface area contributed by atoms with Crippen molar-refractivity contribution < 1.29 is 0 Å². The highest BCUT2D eigenvalue weighted by Gasteiger charge is 2.07. The van der Waals surface area contributed by atoms with Crippen molar-refractivity contribution in [3.05, 3.63) is 23.0 Å². The number of aromatic nitrogens is 1. The number of aryl methyl sites for hydroxylation is 2. The number of thioether (sulfide) groups is 1. The van der Waals surface area contributed by atoms with Gasteiger partial charge in [0, 0.05) is 28.4 Å². The smallest absolute Gasteiger partial charge is 0.0431 e. The molecule has 1 heterocycles. The highest BCUT2D eigenvalue weighted by atomic mass is 32.2. The average molecular weight is 238 g/mol. The molecule has 0 aliphatic carbocycles. The first kappa shape index (κ1) is 13.5. The molecule has 0 aliphatic heterocycles. The lowest BCUT2D eigenvalue weighted by atomic mass is 10.2. The van der Waals surface area contributed by atoms with Crippen LogP contribution < -0.4 is 5.73 Å². The van der Waals surface area contributed by atoms with Crippen molar-refractivity contribution in [1.29, 1.82) is 0 Å². The van der Waals surface area contributed by atoms with Crippen LogP contribution in [0.5, 0.6) is 0 Å². The first-order valence-electron chi connectivity index (χ1n) is 5.84. The molecule has 16 heavy (non-hydrogen) atoms. The zero-order chi connectivity index (χ0) is 12.1. The average Bonchev–Trinajstić information content (AvgIpc) is 2.16. The van der Waals surface area contributed by atoms with Crippen LogP contribution in [0, 0.1) is 19.8 Å². The Balaban J connectivity index is 2.77. The third-order valence-corrected chi connectivity index (χ3v) is 3.69. The van der Waals surface area contributed by atoms with Gasteiger partial charge in [-0.25, -0.2) is 0 Å². The van der Waals surface area contributed by atoms with Gasteiger partial charge < -0.3 is 5.73 Å². The lowest BCUT2D eigenvalue weighted by Gasteiger charge is -2.12. The van der Waals surface area contributed by atoms with E-state index in [0.29, 0.717) is 6.54 Å². The summed E-state index contributed by atoms with van der Waals surface area (Å²) < 4.78 is 0. The summed E-state index contributed by atoms with van der Waals surface area (Å²) in [5, 5.41) is 0. The number of nitrogens with zero attached hydrogens (tertiary/aromatic N) is 1. The molecule has 0 fully saturated rings. The van der Waals surface area contributed by atoms with Crippen molar-refractivity contribution in [1.82, 2.24) is 4.98 Å². The molecule has 0 atom stereocenters. The van der Waals surface area contributed by atoms with E-state index in [0.717, 1.165) is 23.1 Å². The second-order valence-corrected chi connectivity index (χ2v) is 5.70. The Morgan fingerprint density at radius 3 is 2.62 bits per heavy atom. The highest BCUT2D eigenvalue weighted by molar-refractivity contribution is 7.99. The van der Waals surface area contributed by atoms with Gasteiger partial charge in [-0.05, 0) is 38.0 Å². The summed E-state index contributed by atoms with van der Waals surface area (Å²) in [6.45, 7) is 9.19. The van der Waals surface area contributed by atoms with Crippen LogP contribution in [0.25, 0.3) is 0 Å². The third-order valence-electron chi connectivity index (χ3n) is 2.58. The van der Waals surface area contributed by atoms with Gasteiger partial charge in [0.2, 0.25) is 0 Å². The van der Waals surface area contributed by atoms with Crippen molar-refractivity contribution in [3.8, 4) is 0 Å². The van der Waals surface area contributed by atoms with Crippen LogP contribution in [0.4, 0.5) is 0 Å². The van der Waals surface area contributed by atoms with Crippen molar-refractivity contribution in [2.75, 3.05) is 5.75 Å². The molecule has 3 heteroatoms.